The summed E-state index contributed by atoms with van der Waals surface area (Å²) in [5.41, 5.74) is 0. The lowest BCUT2D eigenvalue weighted by atomic mass is 10.2. The van der Waals surface area contributed by atoms with Crippen LogP contribution in [0.25, 0.3) is 0 Å². The van der Waals surface area contributed by atoms with Crippen molar-refractivity contribution in [2.45, 2.75) is 45.4 Å². The topological polar surface area (TPSA) is 81.4 Å². The Bertz CT molecular complexity index is 195. The lowest BCUT2D eigenvalue weighted by Crippen LogP contribution is -2.24. The number of hydrogen-bond acceptors (Lipinski definition) is 4. The van der Waals surface area contributed by atoms with E-state index in [0.717, 1.165) is 19.3 Å². The van der Waals surface area contributed by atoms with Crippen molar-refractivity contribution in [2.75, 3.05) is 6.54 Å². The fourth-order valence-electron chi connectivity index (χ4n) is 1.14. The average Bonchev–Trinajstić information content (AvgIpc) is 2.24. The molecule has 0 fully saturated rings. The van der Waals surface area contributed by atoms with Gasteiger partial charge in [-0.25, -0.2) is 0 Å². The van der Waals surface area contributed by atoms with Gasteiger partial charge in [0.05, 0.1) is 0 Å². The van der Waals surface area contributed by atoms with E-state index in [1.165, 1.54) is 0 Å². The van der Waals surface area contributed by atoms with Crippen LogP contribution in [0.15, 0.2) is 0 Å². The molecule has 0 aromatic rings. The van der Waals surface area contributed by atoms with E-state index >= 15 is 0 Å². The van der Waals surface area contributed by atoms with Gasteiger partial charge >= 0.3 is 5.97 Å². The van der Waals surface area contributed by atoms with Crippen LogP contribution in [0.5, 0.6) is 0 Å². The van der Waals surface area contributed by atoms with Crippen molar-refractivity contribution in [2.24, 2.45) is 5.90 Å². The van der Waals surface area contributed by atoms with Crippen molar-refractivity contribution >= 4 is 11.9 Å². The molecule has 0 saturated heterocycles. The minimum absolute atomic E-state index is 0.0177. The minimum Gasteiger partial charge on any atom is -0.373 e. The van der Waals surface area contributed by atoms with Crippen molar-refractivity contribution in [1.82, 2.24) is 5.32 Å². The lowest BCUT2D eigenvalue weighted by Gasteiger charge is -2.03. The third kappa shape index (κ3) is 9.21. The molecule has 5 heteroatoms. The van der Waals surface area contributed by atoms with Crippen LogP contribution in [0.2, 0.25) is 0 Å². The van der Waals surface area contributed by atoms with Gasteiger partial charge in [-0.1, -0.05) is 19.8 Å². The predicted molar refractivity (Wildman–Crippen MR) is 56.7 cm³/mol. The second kappa shape index (κ2) is 9.45. The van der Waals surface area contributed by atoms with Crippen LogP contribution in [0.3, 0.4) is 0 Å². The first-order valence-electron chi connectivity index (χ1n) is 5.37. The van der Waals surface area contributed by atoms with Gasteiger partial charge in [0.2, 0.25) is 5.91 Å². The lowest BCUT2D eigenvalue weighted by molar-refractivity contribution is -0.144. The largest absolute Gasteiger partial charge is 0.373 e. The maximum Gasteiger partial charge on any atom is 0.324 e. The first kappa shape index (κ1) is 13.9. The quantitative estimate of drug-likeness (QED) is 0.466. The maximum atomic E-state index is 11.2. The van der Waals surface area contributed by atoms with Crippen LogP contribution < -0.4 is 11.2 Å². The first-order chi connectivity index (χ1) is 7.20. The third-order valence-corrected chi connectivity index (χ3v) is 2.02. The zero-order valence-electron chi connectivity index (χ0n) is 9.25. The molecule has 0 radical (unpaired) electrons. The van der Waals surface area contributed by atoms with Gasteiger partial charge in [0.15, 0.2) is 0 Å². The highest BCUT2D eigenvalue weighted by atomic mass is 16.7. The Labute approximate surface area is 90.3 Å². The maximum absolute atomic E-state index is 11.2. The summed E-state index contributed by atoms with van der Waals surface area (Å²) in [5.74, 6) is 4.16. The molecule has 0 rings (SSSR count). The van der Waals surface area contributed by atoms with Crippen molar-refractivity contribution in [3.8, 4) is 0 Å². The highest BCUT2D eigenvalue weighted by molar-refractivity contribution is 5.76. The van der Waals surface area contributed by atoms with Crippen LogP contribution in [0.1, 0.15) is 45.4 Å². The molecule has 0 heterocycles. The van der Waals surface area contributed by atoms with E-state index in [9.17, 15) is 9.59 Å². The zero-order valence-corrected chi connectivity index (χ0v) is 9.25. The van der Waals surface area contributed by atoms with Crippen molar-refractivity contribution < 1.29 is 14.4 Å². The second-order valence-electron chi connectivity index (χ2n) is 3.40. The Morgan fingerprint density at radius 3 is 2.53 bits per heavy atom. The number of carbonyl (C=O) groups excluding carboxylic acids is 2. The van der Waals surface area contributed by atoms with Gasteiger partial charge in [0, 0.05) is 19.4 Å². The summed E-state index contributed by atoms with van der Waals surface area (Å²) >= 11 is 0. The number of unbranched alkanes of at least 4 members (excludes halogenated alkanes) is 2. The fraction of sp³-hybridized carbons (Fsp3) is 0.800. The predicted octanol–water partition coefficient (Wildman–Crippen LogP) is 0.880. The molecule has 0 aliphatic heterocycles. The Morgan fingerprint density at radius 2 is 1.93 bits per heavy atom. The molecule has 3 N–H and O–H groups in total. The number of hydrogen-bond donors (Lipinski definition) is 2. The molecular formula is C10H20N2O3. The summed E-state index contributed by atoms with van der Waals surface area (Å²) in [6, 6.07) is 0. The second-order valence-corrected chi connectivity index (χ2v) is 3.40. The SMILES string of the molecule is CCCCCNC(=O)CCCC(=O)ON. The van der Waals surface area contributed by atoms with E-state index < -0.39 is 5.97 Å². The van der Waals surface area contributed by atoms with Gasteiger partial charge in [-0.05, 0) is 12.8 Å². The summed E-state index contributed by atoms with van der Waals surface area (Å²) in [5, 5.41) is 2.79. The van der Waals surface area contributed by atoms with Crippen LogP contribution >= 0.6 is 0 Å². The minimum atomic E-state index is -0.478. The van der Waals surface area contributed by atoms with Crippen molar-refractivity contribution in [1.29, 1.82) is 0 Å². The van der Waals surface area contributed by atoms with E-state index in [1.807, 2.05) is 0 Å². The molecule has 1 amide bonds. The molecule has 0 atom stereocenters. The van der Waals surface area contributed by atoms with E-state index in [4.69, 9.17) is 0 Å². The van der Waals surface area contributed by atoms with Gasteiger partial charge in [-0.2, -0.15) is 5.90 Å². The molecule has 0 aliphatic rings. The van der Waals surface area contributed by atoms with Crippen LogP contribution in [-0.4, -0.2) is 18.4 Å². The third-order valence-electron chi connectivity index (χ3n) is 2.02. The number of amides is 1. The Kier molecular flexibility index (Phi) is 8.76. The summed E-state index contributed by atoms with van der Waals surface area (Å²) < 4.78 is 0. The van der Waals surface area contributed by atoms with E-state index in [1.54, 1.807) is 0 Å². The molecule has 0 bridgehead atoms. The van der Waals surface area contributed by atoms with Crippen LogP contribution in [-0.2, 0) is 14.4 Å². The zero-order chi connectivity index (χ0) is 11.5. The van der Waals surface area contributed by atoms with E-state index in [-0.39, 0.29) is 12.3 Å². The van der Waals surface area contributed by atoms with Crippen molar-refractivity contribution in [3.05, 3.63) is 0 Å². The molecule has 5 nitrogen and oxygen atoms in total. The van der Waals surface area contributed by atoms with Gasteiger partial charge in [-0.3, -0.25) is 9.59 Å². The van der Waals surface area contributed by atoms with Gasteiger partial charge < -0.3 is 10.2 Å². The summed E-state index contributed by atoms with van der Waals surface area (Å²) in [6.45, 7) is 2.83. The molecule has 0 aliphatic carbocycles. The highest BCUT2D eigenvalue weighted by Crippen LogP contribution is 1.97. The Hall–Kier alpha value is -1.10. The first-order valence-corrected chi connectivity index (χ1v) is 5.37. The summed E-state index contributed by atoms with van der Waals surface area (Å²) in [7, 11) is 0. The van der Waals surface area contributed by atoms with E-state index in [0.29, 0.717) is 19.4 Å². The smallest absolute Gasteiger partial charge is 0.324 e. The van der Waals surface area contributed by atoms with Crippen LogP contribution in [0, 0.1) is 0 Å². The number of rotatable bonds is 8. The Morgan fingerprint density at radius 1 is 1.20 bits per heavy atom. The molecule has 0 spiro atoms. The van der Waals surface area contributed by atoms with Crippen molar-refractivity contribution in [3.63, 3.8) is 0 Å². The van der Waals surface area contributed by atoms with Gasteiger partial charge in [0.1, 0.15) is 0 Å². The normalized spacial score (nSPS) is 9.73. The van der Waals surface area contributed by atoms with Crippen LogP contribution in [0.4, 0.5) is 0 Å². The molecule has 15 heavy (non-hydrogen) atoms. The molecule has 0 aromatic carbocycles. The van der Waals surface area contributed by atoms with Gasteiger partial charge in [0.25, 0.3) is 0 Å². The molecule has 0 saturated carbocycles. The monoisotopic (exact) mass is 216 g/mol. The summed E-state index contributed by atoms with van der Waals surface area (Å²) in [4.78, 5) is 25.8. The number of nitrogens with one attached hydrogen (secondary N) is 1. The number of nitrogens with two attached hydrogens (primary N) is 1. The Balaban J connectivity index is 3.29. The number of carbonyl (C=O) groups is 2. The molecular weight excluding hydrogens is 196 g/mol. The summed E-state index contributed by atoms with van der Waals surface area (Å²) in [6.07, 6.45) is 4.29. The van der Waals surface area contributed by atoms with E-state index in [2.05, 4.69) is 23.0 Å². The highest BCUT2D eigenvalue weighted by Gasteiger charge is 2.04. The molecule has 0 unspecified atom stereocenters. The fourth-order valence-corrected chi connectivity index (χ4v) is 1.14. The average molecular weight is 216 g/mol. The standard InChI is InChI=1S/C10H20N2O3/c1-2-3-4-8-12-9(13)6-5-7-10(14)15-11/h2-8,11H2,1H3,(H,12,13). The van der Waals surface area contributed by atoms with Gasteiger partial charge in [-0.15, -0.1) is 0 Å². The molecule has 88 valence electrons. The molecule has 0 aromatic heterocycles.